The predicted octanol–water partition coefficient (Wildman–Crippen LogP) is 3.23. The van der Waals surface area contributed by atoms with E-state index in [1.807, 2.05) is 63.2 Å². The summed E-state index contributed by atoms with van der Waals surface area (Å²) in [6, 6.07) is 13.3. The third-order valence-corrected chi connectivity index (χ3v) is 3.55. The number of hydrogen-bond acceptors (Lipinski definition) is 4. The minimum atomic E-state index is -0.303. The second-order valence-electron chi connectivity index (χ2n) is 5.52. The Morgan fingerprint density at radius 1 is 1.12 bits per heavy atom. The van der Waals surface area contributed by atoms with E-state index in [9.17, 15) is 4.79 Å². The first-order valence-electron chi connectivity index (χ1n) is 7.67. The molecular weight excluding hydrogens is 304 g/mol. The minimum absolute atomic E-state index is 0.0801. The zero-order chi connectivity index (χ0) is 17.5. The zero-order valence-electron chi connectivity index (χ0n) is 14.4. The van der Waals surface area contributed by atoms with Crippen LogP contribution >= 0.6 is 0 Å². The van der Waals surface area contributed by atoms with Gasteiger partial charge in [0.1, 0.15) is 11.5 Å². The maximum atomic E-state index is 11.9. The number of ether oxygens (including phenoxy) is 2. The van der Waals surface area contributed by atoms with Gasteiger partial charge < -0.3 is 9.47 Å². The summed E-state index contributed by atoms with van der Waals surface area (Å²) >= 11 is 0. The van der Waals surface area contributed by atoms with Crippen molar-refractivity contribution in [1.82, 2.24) is 5.43 Å². The molecule has 0 saturated carbocycles. The normalized spacial score (nSPS) is 11.1. The molecule has 126 valence electrons. The van der Waals surface area contributed by atoms with E-state index in [0.717, 1.165) is 22.4 Å². The van der Waals surface area contributed by atoms with Crippen LogP contribution in [-0.2, 0) is 4.79 Å². The molecule has 1 N–H and O–H groups in total. The van der Waals surface area contributed by atoms with Crippen molar-refractivity contribution in [2.45, 2.75) is 20.8 Å². The van der Waals surface area contributed by atoms with E-state index in [4.69, 9.17) is 9.47 Å². The lowest BCUT2D eigenvalue weighted by atomic mass is 10.1. The van der Waals surface area contributed by atoms with Crippen LogP contribution in [0, 0.1) is 13.8 Å². The van der Waals surface area contributed by atoms with Crippen molar-refractivity contribution in [3.05, 3.63) is 59.2 Å². The molecular formula is C19H22N2O3. The molecule has 24 heavy (non-hydrogen) atoms. The zero-order valence-corrected chi connectivity index (χ0v) is 14.4. The number of carbonyl (C=O) groups excluding carboxylic acids is 1. The highest BCUT2D eigenvalue weighted by Gasteiger charge is 2.05. The van der Waals surface area contributed by atoms with Gasteiger partial charge in [-0.1, -0.05) is 17.7 Å². The highest BCUT2D eigenvalue weighted by molar-refractivity contribution is 5.99. The van der Waals surface area contributed by atoms with Gasteiger partial charge in [0.05, 0.1) is 12.8 Å². The van der Waals surface area contributed by atoms with E-state index < -0.39 is 0 Å². The maximum absolute atomic E-state index is 11.9. The van der Waals surface area contributed by atoms with E-state index in [2.05, 4.69) is 10.5 Å². The van der Waals surface area contributed by atoms with Crippen molar-refractivity contribution >= 4 is 11.6 Å². The van der Waals surface area contributed by atoms with E-state index in [0.29, 0.717) is 11.5 Å². The number of carbonyl (C=O) groups is 1. The van der Waals surface area contributed by atoms with Gasteiger partial charge in [-0.2, -0.15) is 5.10 Å². The molecule has 0 aliphatic heterocycles. The number of hydrazone groups is 1. The number of amides is 1. The van der Waals surface area contributed by atoms with E-state index in [1.54, 1.807) is 7.11 Å². The smallest absolute Gasteiger partial charge is 0.277 e. The lowest BCUT2D eigenvalue weighted by molar-refractivity contribution is -0.123. The second-order valence-corrected chi connectivity index (χ2v) is 5.52. The summed E-state index contributed by atoms with van der Waals surface area (Å²) in [5, 5.41) is 4.09. The van der Waals surface area contributed by atoms with E-state index in [1.165, 1.54) is 0 Å². The molecule has 0 fully saturated rings. The monoisotopic (exact) mass is 326 g/mol. The molecule has 1 amide bonds. The van der Waals surface area contributed by atoms with Crippen molar-refractivity contribution in [2.24, 2.45) is 5.10 Å². The quantitative estimate of drug-likeness (QED) is 0.655. The molecule has 0 aliphatic carbocycles. The summed E-state index contributed by atoms with van der Waals surface area (Å²) in [5.74, 6) is 1.17. The molecule has 0 bridgehead atoms. The number of benzene rings is 2. The first-order valence-corrected chi connectivity index (χ1v) is 7.67. The molecule has 0 aliphatic rings. The number of hydrogen-bond donors (Lipinski definition) is 1. The first-order chi connectivity index (χ1) is 11.5. The van der Waals surface area contributed by atoms with E-state index >= 15 is 0 Å². The number of rotatable bonds is 6. The largest absolute Gasteiger partial charge is 0.497 e. The average Bonchev–Trinajstić information content (AvgIpc) is 2.59. The molecule has 0 heterocycles. The van der Waals surface area contributed by atoms with Crippen LogP contribution in [0.5, 0.6) is 11.5 Å². The van der Waals surface area contributed by atoms with Crippen LogP contribution in [-0.4, -0.2) is 25.3 Å². The highest BCUT2D eigenvalue weighted by Crippen LogP contribution is 2.18. The lowest BCUT2D eigenvalue weighted by Gasteiger charge is -2.09. The molecule has 5 nitrogen and oxygen atoms in total. The van der Waals surface area contributed by atoms with Crippen molar-refractivity contribution in [2.75, 3.05) is 13.7 Å². The fourth-order valence-corrected chi connectivity index (χ4v) is 2.18. The van der Waals surface area contributed by atoms with Gasteiger partial charge in [0.15, 0.2) is 6.61 Å². The fourth-order valence-electron chi connectivity index (χ4n) is 2.18. The molecule has 2 rings (SSSR count). The van der Waals surface area contributed by atoms with Crippen molar-refractivity contribution in [1.29, 1.82) is 0 Å². The Hall–Kier alpha value is -2.82. The molecule has 2 aromatic rings. The lowest BCUT2D eigenvalue weighted by Crippen LogP contribution is -2.25. The number of aryl methyl sites for hydroxylation is 2. The van der Waals surface area contributed by atoms with Gasteiger partial charge in [0.25, 0.3) is 5.91 Å². The van der Waals surface area contributed by atoms with Crippen LogP contribution in [0.4, 0.5) is 0 Å². The van der Waals surface area contributed by atoms with Crippen LogP contribution in [0.15, 0.2) is 47.6 Å². The van der Waals surface area contributed by atoms with Gasteiger partial charge >= 0.3 is 0 Å². The van der Waals surface area contributed by atoms with Crippen LogP contribution in [0.1, 0.15) is 23.6 Å². The first kappa shape index (κ1) is 17.5. The molecule has 0 aromatic heterocycles. The molecule has 0 spiro atoms. The van der Waals surface area contributed by atoms with Gasteiger partial charge in [-0.25, -0.2) is 5.43 Å². The Morgan fingerprint density at radius 3 is 2.46 bits per heavy atom. The van der Waals surface area contributed by atoms with Crippen molar-refractivity contribution in [3.8, 4) is 11.5 Å². The fraction of sp³-hybridized carbons (Fsp3) is 0.263. The Labute approximate surface area is 142 Å². The number of methoxy groups -OCH3 is 1. The van der Waals surface area contributed by atoms with Crippen molar-refractivity contribution < 1.29 is 14.3 Å². The summed E-state index contributed by atoms with van der Waals surface area (Å²) in [6.45, 7) is 5.71. The third-order valence-electron chi connectivity index (χ3n) is 3.55. The Kier molecular flexibility index (Phi) is 5.95. The standard InChI is InChI=1S/C19H22N2O3/c1-13-5-10-18(14(2)11-13)24-12-19(22)21-20-15(3)16-6-8-17(23-4)9-7-16/h5-11H,12H2,1-4H3,(H,21,22)/b20-15-. The van der Waals surface area contributed by atoms with Crippen LogP contribution in [0.25, 0.3) is 0 Å². The molecule has 0 saturated heterocycles. The summed E-state index contributed by atoms with van der Waals surface area (Å²) < 4.78 is 10.6. The summed E-state index contributed by atoms with van der Waals surface area (Å²) in [5.41, 5.74) is 6.28. The van der Waals surface area contributed by atoms with Crippen LogP contribution in [0.2, 0.25) is 0 Å². The predicted molar refractivity (Wildman–Crippen MR) is 94.8 cm³/mol. The van der Waals surface area contributed by atoms with Crippen LogP contribution < -0.4 is 14.9 Å². The van der Waals surface area contributed by atoms with E-state index in [-0.39, 0.29) is 12.5 Å². The maximum Gasteiger partial charge on any atom is 0.277 e. The third kappa shape index (κ3) is 4.84. The molecule has 5 heteroatoms. The van der Waals surface area contributed by atoms with Crippen LogP contribution in [0.3, 0.4) is 0 Å². The Balaban J connectivity index is 1.89. The summed E-state index contributed by atoms with van der Waals surface area (Å²) in [6.07, 6.45) is 0. The molecule has 0 atom stereocenters. The van der Waals surface area contributed by atoms with Gasteiger partial charge in [0.2, 0.25) is 0 Å². The SMILES string of the molecule is COc1ccc(/C(C)=N\NC(=O)COc2ccc(C)cc2C)cc1. The summed E-state index contributed by atoms with van der Waals surface area (Å²) in [4.78, 5) is 11.9. The van der Waals surface area contributed by atoms with Crippen molar-refractivity contribution in [3.63, 3.8) is 0 Å². The second kappa shape index (κ2) is 8.15. The topological polar surface area (TPSA) is 59.9 Å². The highest BCUT2D eigenvalue weighted by atomic mass is 16.5. The average molecular weight is 326 g/mol. The Bertz CT molecular complexity index is 737. The molecule has 0 radical (unpaired) electrons. The van der Waals surface area contributed by atoms with Gasteiger partial charge in [0, 0.05) is 0 Å². The number of nitrogens with zero attached hydrogens (tertiary/aromatic N) is 1. The summed E-state index contributed by atoms with van der Waals surface area (Å²) in [7, 11) is 1.62. The Morgan fingerprint density at radius 2 is 1.83 bits per heavy atom. The number of nitrogens with one attached hydrogen (secondary N) is 1. The minimum Gasteiger partial charge on any atom is -0.497 e. The van der Waals surface area contributed by atoms with Gasteiger partial charge in [-0.05, 0) is 62.2 Å². The van der Waals surface area contributed by atoms with Gasteiger partial charge in [-0.15, -0.1) is 0 Å². The van der Waals surface area contributed by atoms with Gasteiger partial charge in [-0.3, -0.25) is 4.79 Å². The molecule has 0 unspecified atom stereocenters. The molecule has 2 aromatic carbocycles.